The molecule has 148 valence electrons. The predicted octanol–water partition coefficient (Wildman–Crippen LogP) is 5.95. The van der Waals surface area contributed by atoms with Crippen LogP contribution in [0.5, 0.6) is 0 Å². The van der Waals surface area contributed by atoms with Crippen molar-refractivity contribution in [3.05, 3.63) is 0 Å². The Hall–Kier alpha value is -0.0800. The number of nitrogens with zero attached hydrogens (tertiary/aromatic N) is 2. The summed E-state index contributed by atoms with van der Waals surface area (Å²) in [5.41, 5.74) is 0.905. The van der Waals surface area contributed by atoms with E-state index in [-0.39, 0.29) is 21.9 Å². The number of hydrogen-bond donors (Lipinski definition) is 0. The predicted molar refractivity (Wildman–Crippen MR) is 111 cm³/mol. The summed E-state index contributed by atoms with van der Waals surface area (Å²) in [6.45, 7) is 29.4. The van der Waals surface area contributed by atoms with Gasteiger partial charge in [0.05, 0.1) is 0 Å². The summed E-state index contributed by atoms with van der Waals surface area (Å²) in [4.78, 5) is 5.88. The third-order valence-corrected chi connectivity index (χ3v) is 6.39. The second kappa shape index (κ2) is 6.23. The zero-order chi connectivity index (χ0) is 19.6. The van der Waals surface area contributed by atoms with E-state index in [0.29, 0.717) is 12.1 Å². The molecule has 0 N–H and O–H groups in total. The maximum absolute atomic E-state index is 2.94. The summed E-state index contributed by atoms with van der Waals surface area (Å²) in [7, 11) is 0. The van der Waals surface area contributed by atoms with E-state index < -0.39 is 0 Å². The molecule has 2 aliphatic rings. The van der Waals surface area contributed by atoms with Crippen molar-refractivity contribution in [1.29, 1.82) is 0 Å². The Kier molecular flexibility index (Phi) is 5.29. The Balaban J connectivity index is 2.72. The van der Waals surface area contributed by atoms with Crippen molar-refractivity contribution < 1.29 is 0 Å². The maximum Gasteiger partial charge on any atom is 0.0313 e. The van der Waals surface area contributed by atoms with Crippen LogP contribution in [0.25, 0.3) is 0 Å². The molecule has 2 fully saturated rings. The molecule has 1 aliphatic carbocycles. The molecule has 3 unspecified atom stereocenters. The van der Waals surface area contributed by atoms with Gasteiger partial charge >= 0.3 is 0 Å². The standard InChI is InChI=1S/C23H46N2/c1-20(2,3)18-19(21(4,5)6)25(23(10,11)12)17-14-13-16(15-17)24(18)22(7,8)9/h16-19H,13-15H2,1-12H3/t16-,17?,18?,19?/m0/s1. The fourth-order valence-corrected chi connectivity index (χ4v) is 5.91. The average molecular weight is 351 g/mol. The zero-order valence-electron chi connectivity index (χ0n) is 19.3. The van der Waals surface area contributed by atoms with Gasteiger partial charge in [0.15, 0.2) is 0 Å². The SMILES string of the molecule is CC(C)(C)C1C(C(C)(C)C)N(C(C)(C)C)[C@H]2CCC(C2)N1C(C)(C)C. The van der Waals surface area contributed by atoms with Crippen molar-refractivity contribution in [2.45, 2.75) is 138 Å². The first-order valence-corrected chi connectivity index (χ1v) is 10.5. The lowest BCUT2D eigenvalue weighted by Crippen LogP contribution is -2.69. The van der Waals surface area contributed by atoms with Gasteiger partial charge in [0.25, 0.3) is 0 Å². The molecule has 0 radical (unpaired) electrons. The molecule has 2 heteroatoms. The zero-order valence-corrected chi connectivity index (χ0v) is 19.3. The van der Waals surface area contributed by atoms with Gasteiger partial charge in [0.2, 0.25) is 0 Å². The molecule has 1 heterocycles. The Morgan fingerprint density at radius 3 is 1.00 bits per heavy atom. The van der Waals surface area contributed by atoms with Gasteiger partial charge in [-0.05, 0) is 71.6 Å². The van der Waals surface area contributed by atoms with Crippen molar-refractivity contribution in [2.24, 2.45) is 10.8 Å². The number of fused-ring (bicyclic) bond motifs is 2. The molecule has 2 bridgehead atoms. The summed E-state index contributed by atoms with van der Waals surface area (Å²) in [6, 6.07) is 2.57. The Bertz CT molecular complexity index is 422. The van der Waals surface area contributed by atoms with E-state index in [1.54, 1.807) is 0 Å². The van der Waals surface area contributed by atoms with Gasteiger partial charge in [-0.2, -0.15) is 0 Å². The molecular weight excluding hydrogens is 304 g/mol. The minimum atomic E-state index is 0.203. The Morgan fingerprint density at radius 1 is 0.520 bits per heavy atom. The third-order valence-electron chi connectivity index (χ3n) is 6.39. The monoisotopic (exact) mass is 350 g/mol. The third kappa shape index (κ3) is 4.10. The van der Waals surface area contributed by atoms with Crippen LogP contribution < -0.4 is 0 Å². The fraction of sp³-hybridized carbons (Fsp3) is 1.00. The maximum atomic E-state index is 2.94. The molecule has 1 saturated heterocycles. The highest BCUT2D eigenvalue weighted by molar-refractivity contribution is 5.12. The van der Waals surface area contributed by atoms with Crippen LogP contribution in [0, 0.1) is 10.8 Å². The van der Waals surface area contributed by atoms with Gasteiger partial charge in [0, 0.05) is 35.2 Å². The van der Waals surface area contributed by atoms with Gasteiger partial charge in [0.1, 0.15) is 0 Å². The quantitative estimate of drug-likeness (QED) is 0.532. The minimum absolute atomic E-state index is 0.203. The van der Waals surface area contributed by atoms with Crippen LogP contribution in [0.2, 0.25) is 0 Å². The lowest BCUT2D eigenvalue weighted by Gasteiger charge is -2.59. The summed E-state index contributed by atoms with van der Waals surface area (Å²) in [5, 5.41) is 0. The first-order valence-electron chi connectivity index (χ1n) is 10.5. The van der Waals surface area contributed by atoms with E-state index in [1.165, 1.54) is 19.3 Å². The lowest BCUT2D eigenvalue weighted by molar-refractivity contribution is -0.103. The van der Waals surface area contributed by atoms with Crippen LogP contribution in [0.1, 0.15) is 102 Å². The number of hydrogen-bond acceptors (Lipinski definition) is 2. The molecular formula is C23H46N2. The van der Waals surface area contributed by atoms with E-state index in [1.807, 2.05) is 0 Å². The van der Waals surface area contributed by atoms with Gasteiger partial charge in [-0.1, -0.05) is 41.5 Å². The largest absolute Gasteiger partial charge is 0.290 e. The van der Waals surface area contributed by atoms with Crippen LogP contribution in [0.15, 0.2) is 0 Å². The van der Waals surface area contributed by atoms with E-state index in [4.69, 9.17) is 0 Å². The smallest absolute Gasteiger partial charge is 0.0313 e. The van der Waals surface area contributed by atoms with Crippen molar-refractivity contribution in [1.82, 2.24) is 9.80 Å². The molecule has 0 spiro atoms. The fourth-order valence-electron chi connectivity index (χ4n) is 5.91. The second-order valence-corrected chi connectivity index (χ2v) is 12.9. The molecule has 0 amide bonds. The van der Waals surface area contributed by atoms with E-state index in [2.05, 4.69) is 92.9 Å². The van der Waals surface area contributed by atoms with E-state index in [9.17, 15) is 0 Å². The van der Waals surface area contributed by atoms with Crippen LogP contribution in [-0.4, -0.2) is 45.0 Å². The van der Waals surface area contributed by atoms with Crippen LogP contribution in [0.3, 0.4) is 0 Å². The first-order chi connectivity index (χ1) is 11.0. The summed E-state index contributed by atoms with van der Waals surface area (Å²) < 4.78 is 0. The Labute approximate surface area is 158 Å². The first kappa shape index (κ1) is 21.2. The van der Waals surface area contributed by atoms with Gasteiger partial charge in [-0.3, -0.25) is 9.80 Å². The summed E-state index contributed by atoms with van der Waals surface area (Å²) in [6.07, 6.45) is 4.06. The molecule has 0 aromatic heterocycles. The highest BCUT2D eigenvalue weighted by atomic mass is 15.4. The molecule has 2 nitrogen and oxygen atoms in total. The van der Waals surface area contributed by atoms with E-state index in [0.717, 1.165) is 12.1 Å². The number of rotatable bonds is 0. The Morgan fingerprint density at radius 2 is 0.800 bits per heavy atom. The van der Waals surface area contributed by atoms with Crippen molar-refractivity contribution in [2.75, 3.05) is 0 Å². The van der Waals surface area contributed by atoms with Crippen LogP contribution in [-0.2, 0) is 0 Å². The average Bonchev–Trinajstić information content (AvgIpc) is 2.64. The lowest BCUT2D eigenvalue weighted by atomic mass is 9.68. The molecule has 1 aliphatic heterocycles. The van der Waals surface area contributed by atoms with E-state index >= 15 is 0 Å². The molecule has 1 saturated carbocycles. The van der Waals surface area contributed by atoms with Crippen LogP contribution >= 0.6 is 0 Å². The molecule has 25 heavy (non-hydrogen) atoms. The summed E-state index contributed by atoms with van der Waals surface area (Å²) in [5.74, 6) is 0. The molecule has 4 atom stereocenters. The molecule has 0 aromatic carbocycles. The highest BCUT2D eigenvalue weighted by Crippen LogP contribution is 2.50. The second-order valence-electron chi connectivity index (χ2n) is 12.9. The van der Waals surface area contributed by atoms with Crippen molar-refractivity contribution in [3.8, 4) is 0 Å². The summed E-state index contributed by atoms with van der Waals surface area (Å²) >= 11 is 0. The normalized spacial score (nSPS) is 33.6. The van der Waals surface area contributed by atoms with Gasteiger partial charge < -0.3 is 0 Å². The topological polar surface area (TPSA) is 6.48 Å². The van der Waals surface area contributed by atoms with Crippen molar-refractivity contribution in [3.63, 3.8) is 0 Å². The van der Waals surface area contributed by atoms with Crippen LogP contribution in [0.4, 0.5) is 0 Å². The highest BCUT2D eigenvalue weighted by Gasteiger charge is 2.57. The van der Waals surface area contributed by atoms with Gasteiger partial charge in [-0.25, -0.2) is 0 Å². The molecule has 2 rings (SSSR count). The van der Waals surface area contributed by atoms with Crippen molar-refractivity contribution >= 4 is 0 Å². The minimum Gasteiger partial charge on any atom is -0.290 e. The van der Waals surface area contributed by atoms with Gasteiger partial charge in [-0.15, -0.1) is 0 Å². The molecule has 0 aromatic rings.